The Morgan fingerprint density at radius 1 is 1.43 bits per heavy atom. The van der Waals surface area contributed by atoms with Crippen LogP contribution < -0.4 is 0 Å². The average Bonchev–Trinajstić information content (AvgIpc) is 2.00. The molecule has 0 N–H and O–H groups in total. The fourth-order valence-corrected chi connectivity index (χ4v) is 2.56. The lowest BCUT2D eigenvalue weighted by atomic mass is 10.4. The predicted molar refractivity (Wildman–Crippen MR) is 51.0 cm³/mol. The smallest absolute Gasteiger partial charge is 0.202 e. The van der Waals surface area contributed by atoms with Crippen LogP contribution in [-0.4, -0.2) is 31.9 Å². The van der Waals surface area contributed by atoms with Gasteiger partial charge in [-0.25, -0.2) is 13.4 Å². The van der Waals surface area contributed by atoms with Gasteiger partial charge in [-0.15, -0.1) is 0 Å². The molecule has 1 aliphatic heterocycles. The van der Waals surface area contributed by atoms with Gasteiger partial charge in [-0.3, -0.25) is 0 Å². The first-order valence-corrected chi connectivity index (χ1v) is 5.96. The number of sulfone groups is 1. The van der Waals surface area contributed by atoms with E-state index >= 15 is 0 Å². The van der Waals surface area contributed by atoms with Crippen molar-refractivity contribution in [3.05, 3.63) is 23.4 Å². The fourth-order valence-electron chi connectivity index (χ4n) is 1.09. The van der Waals surface area contributed by atoms with Crippen LogP contribution in [0.3, 0.4) is 0 Å². The molecule has 0 radical (unpaired) electrons. The van der Waals surface area contributed by atoms with Crippen LogP contribution in [0, 0.1) is 0 Å². The van der Waals surface area contributed by atoms with Crippen molar-refractivity contribution in [3.63, 3.8) is 0 Å². The van der Waals surface area contributed by atoms with E-state index in [4.69, 9.17) is 16.3 Å². The number of halogens is 1. The van der Waals surface area contributed by atoms with Gasteiger partial charge in [0.25, 0.3) is 0 Å². The van der Waals surface area contributed by atoms with Crippen molar-refractivity contribution in [2.45, 2.75) is 10.3 Å². The van der Waals surface area contributed by atoms with Gasteiger partial charge in [-0.1, -0.05) is 11.6 Å². The van der Waals surface area contributed by atoms with Crippen LogP contribution in [0.1, 0.15) is 0 Å². The van der Waals surface area contributed by atoms with E-state index in [-0.39, 0.29) is 18.2 Å². The zero-order chi connectivity index (χ0) is 10.2. The molecule has 1 aromatic heterocycles. The molecule has 2 rings (SSSR count). The molecular formula is C8H8ClNO3S. The number of rotatable bonds is 2. The maximum absolute atomic E-state index is 11.7. The molecule has 1 saturated heterocycles. The summed E-state index contributed by atoms with van der Waals surface area (Å²) in [6.07, 6.45) is 1.33. The van der Waals surface area contributed by atoms with Crippen molar-refractivity contribution in [2.75, 3.05) is 13.2 Å². The van der Waals surface area contributed by atoms with Crippen LogP contribution in [0.25, 0.3) is 0 Å². The standard InChI is InChI=1S/C8H8ClNO3S/c9-6-1-2-8(10-3-6)14(11,12)7-4-13-5-7/h1-3,7H,4-5H2. The zero-order valence-corrected chi connectivity index (χ0v) is 8.75. The van der Waals surface area contributed by atoms with Gasteiger partial charge in [-0.2, -0.15) is 0 Å². The summed E-state index contributed by atoms with van der Waals surface area (Å²) in [5.74, 6) is 0. The van der Waals surface area contributed by atoms with E-state index in [9.17, 15) is 8.42 Å². The second-order valence-corrected chi connectivity index (χ2v) is 5.63. The molecular weight excluding hydrogens is 226 g/mol. The van der Waals surface area contributed by atoms with Crippen molar-refractivity contribution in [2.24, 2.45) is 0 Å². The molecule has 1 aliphatic rings. The molecule has 0 aromatic carbocycles. The van der Waals surface area contributed by atoms with Crippen molar-refractivity contribution in [3.8, 4) is 0 Å². The van der Waals surface area contributed by atoms with E-state index in [0.717, 1.165) is 0 Å². The number of nitrogens with zero attached hydrogens (tertiary/aromatic N) is 1. The topological polar surface area (TPSA) is 56.3 Å². The summed E-state index contributed by atoms with van der Waals surface area (Å²) in [6, 6.07) is 2.93. The number of aromatic nitrogens is 1. The lowest BCUT2D eigenvalue weighted by Crippen LogP contribution is -2.40. The van der Waals surface area contributed by atoms with E-state index in [1.807, 2.05) is 0 Å². The van der Waals surface area contributed by atoms with Crippen LogP contribution >= 0.6 is 11.6 Å². The second kappa shape index (κ2) is 3.49. The van der Waals surface area contributed by atoms with Crippen LogP contribution in [0.2, 0.25) is 5.02 Å². The van der Waals surface area contributed by atoms with Gasteiger partial charge in [-0.05, 0) is 12.1 Å². The quantitative estimate of drug-likeness (QED) is 0.762. The predicted octanol–water partition coefficient (Wildman–Crippen LogP) is 0.908. The third kappa shape index (κ3) is 1.63. The highest BCUT2D eigenvalue weighted by atomic mass is 35.5. The van der Waals surface area contributed by atoms with E-state index in [0.29, 0.717) is 5.02 Å². The highest BCUT2D eigenvalue weighted by Gasteiger charge is 2.34. The molecule has 0 saturated carbocycles. The summed E-state index contributed by atoms with van der Waals surface area (Å²) in [7, 11) is -3.31. The summed E-state index contributed by atoms with van der Waals surface area (Å²) < 4.78 is 28.3. The highest BCUT2D eigenvalue weighted by Crippen LogP contribution is 2.20. The van der Waals surface area contributed by atoms with Crippen LogP contribution in [0.15, 0.2) is 23.4 Å². The normalized spacial score (nSPS) is 17.8. The summed E-state index contributed by atoms with van der Waals surface area (Å²) >= 11 is 5.61. The molecule has 0 atom stereocenters. The summed E-state index contributed by atoms with van der Waals surface area (Å²) in [4.78, 5) is 3.78. The van der Waals surface area contributed by atoms with Crippen molar-refractivity contribution >= 4 is 21.4 Å². The Hall–Kier alpha value is -0.650. The molecule has 0 bridgehead atoms. The van der Waals surface area contributed by atoms with E-state index < -0.39 is 15.1 Å². The zero-order valence-electron chi connectivity index (χ0n) is 7.18. The number of pyridine rings is 1. The maximum atomic E-state index is 11.7. The van der Waals surface area contributed by atoms with E-state index in [1.54, 1.807) is 0 Å². The summed E-state index contributed by atoms with van der Waals surface area (Å²) in [6.45, 7) is 0.513. The highest BCUT2D eigenvalue weighted by molar-refractivity contribution is 7.92. The Balaban J connectivity index is 2.34. The van der Waals surface area contributed by atoms with Gasteiger partial charge in [0, 0.05) is 6.20 Å². The number of ether oxygens (including phenoxy) is 1. The van der Waals surface area contributed by atoms with Crippen molar-refractivity contribution in [1.29, 1.82) is 0 Å². The van der Waals surface area contributed by atoms with Crippen LogP contribution in [0.5, 0.6) is 0 Å². The Bertz CT molecular complexity index is 424. The minimum atomic E-state index is -3.31. The molecule has 2 heterocycles. The molecule has 4 nitrogen and oxygen atoms in total. The van der Waals surface area contributed by atoms with E-state index in [2.05, 4.69) is 4.98 Å². The Labute approximate surface area is 86.8 Å². The van der Waals surface area contributed by atoms with E-state index in [1.165, 1.54) is 18.3 Å². The van der Waals surface area contributed by atoms with Gasteiger partial charge in [0.1, 0.15) is 5.25 Å². The molecule has 1 fully saturated rings. The number of hydrogen-bond donors (Lipinski definition) is 0. The first-order valence-electron chi connectivity index (χ1n) is 4.04. The SMILES string of the molecule is O=S(=O)(c1ccc(Cl)cn1)C1COC1. The molecule has 0 amide bonds. The molecule has 14 heavy (non-hydrogen) atoms. The summed E-state index contributed by atoms with van der Waals surface area (Å²) in [5.41, 5.74) is 0. The van der Waals surface area contributed by atoms with Gasteiger partial charge in [0.05, 0.1) is 18.2 Å². The lowest BCUT2D eigenvalue weighted by Gasteiger charge is -2.25. The maximum Gasteiger partial charge on any atom is 0.202 e. The minimum Gasteiger partial charge on any atom is -0.379 e. The largest absolute Gasteiger partial charge is 0.379 e. The van der Waals surface area contributed by atoms with Crippen LogP contribution in [0.4, 0.5) is 0 Å². The van der Waals surface area contributed by atoms with Gasteiger partial charge >= 0.3 is 0 Å². The van der Waals surface area contributed by atoms with Gasteiger partial charge in [0.15, 0.2) is 5.03 Å². The Morgan fingerprint density at radius 3 is 2.57 bits per heavy atom. The van der Waals surface area contributed by atoms with Crippen molar-refractivity contribution in [1.82, 2.24) is 4.98 Å². The first-order chi connectivity index (χ1) is 6.60. The molecule has 0 unspecified atom stereocenters. The lowest BCUT2D eigenvalue weighted by molar-refractivity contribution is 0.0415. The van der Waals surface area contributed by atoms with Gasteiger partial charge in [0.2, 0.25) is 9.84 Å². The fraction of sp³-hybridized carbons (Fsp3) is 0.375. The molecule has 0 spiro atoms. The average molecular weight is 234 g/mol. The third-order valence-electron chi connectivity index (χ3n) is 2.04. The van der Waals surface area contributed by atoms with Crippen molar-refractivity contribution < 1.29 is 13.2 Å². The Morgan fingerprint density at radius 2 is 2.14 bits per heavy atom. The monoisotopic (exact) mass is 233 g/mol. The van der Waals surface area contributed by atoms with Gasteiger partial charge < -0.3 is 4.74 Å². The molecule has 76 valence electrons. The molecule has 1 aromatic rings. The second-order valence-electron chi connectivity index (χ2n) is 3.02. The molecule has 0 aliphatic carbocycles. The third-order valence-corrected chi connectivity index (χ3v) is 4.24. The number of hydrogen-bond acceptors (Lipinski definition) is 4. The minimum absolute atomic E-state index is 0.0650. The Kier molecular flexibility index (Phi) is 2.47. The van der Waals surface area contributed by atoms with Crippen LogP contribution in [-0.2, 0) is 14.6 Å². The summed E-state index contributed by atoms with van der Waals surface area (Å²) in [5, 5.41) is 0.0418. The molecule has 6 heteroatoms. The first kappa shape index (κ1) is 9.89.